The van der Waals surface area contributed by atoms with E-state index in [-0.39, 0.29) is 0 Å². The van der Waals surface area contributed by atoms with Gasteiger partial charge in [-0.3, -0.25) is 0 Å². The second-order valence-electron chi connectivity index (χ2n) is 5.58. The first-order valence-electron chi connectivity index (χ1n) is 7.43. The van der Waals surface area contributed by atoms with Gasteiger partial charge in [0.05, 0.1) is 12.1 Å². The fourth-order valence-electron chi connectivity index (χ4n) is 2.92. The molecule has 1 aliphatic heterocycles. The van der Waals surface area contributed by atoms with Crippen molar-refractivity contribution >= 4 is 28.3 Å². The molecular weight excluding hydrogens is 298 g/mol. The molecular formula is C16H16ClN5. The SMILES string of the molecule is Cc1c(Cl)ccc2ccc(NCc3nnc4n3CCC4)nc12. The summed E-state index contributed by atoms with van der Waals surface area (Å²) in [6.45, 7) is 3.64. The summed E-state index contributed by atoms with van der Waals surface area (Å²) in [6.07, 6.45) is 2.18. The smallest absolute Gasteiger partial charge is 0.152 e. The van der Waals surface area contributed by atoms with Gasteiger partial charge in [-0.05, 0) is 37.1 Å². The van der Waals surface area contributed by atoms with Gasteiger partial charge in [0, 0.05) is 23.4 Å². The molecule has 112 valence electrons. The van der Waals surface area contributed by atoms with Gasteiger partial charge in [0.2, 0.25) is 0 Å². The number of aromatic nitrogens is 4. The Morgan fingerprint density at radius 1 is 1.23 bits per heavy atom. The predicted octanol–water partition coefficient (Wildman–Crippen LogP) is 3.35. The van der Waals surface area contributed by atoms with Crippen LogP contribution in [0.15, 0.2) is 24.3 Å². The molecule has 0 spiro atoms. The van der Waals surface area contributed by atoms with E-state index in [1.165, 1.54) is 0 Å². The summed E-state index contributed by atoms with van der Waals surface area (Å²) in [4.78, 5) is 4.68. The maximum atomic E-state index is 6.18. The molecule has 1 aromatic carbocycles. The molecule has 22 heavy (non-hydrogen) atoms. The number of halogens is 1. The molecule has 0 bridgehead atoms. The number of benzene rings is 1. The molecule has 0 aliphatic carbocycles. The minimum Gasteiger partial charge on any atom is -0.363 e. The van der Waals surface area contributed by atoms with Gasteiger partial charge in [-0.25, -0.2) is 4.98 Å². The highest BCUT2D eigenvalue weighted by molar-refractivity contribution is 6.32. The minimum atomic E-state index is 0.630. The van der Waals surface area contributed by atoms with Gasteiger partial charge < -0.3 is 9.88 Å². The van der Waals surface area contributed by atoms with Crippen molar-refractivity contribution in [3.63, 3.8) is 0 Å². The highest BCUT2D eigenvalue weighted by atomic mass is 35.5. The van der Waals surface area contributed by atoms with Gasteiger partial charge in [0.25, 0.3) is 0 Å². The van der Waals surface area contributed by atoms with Crippen molar-refractivity contribution in [2.75, 3.05) is 5.32 Å². The molecule has 6 heteroatoms. The van der Waals surface area contributed by atoms with Crippen LogP contribution in [0.3, 0.4) is 0 Å². The molecule has 3 aromatic rings. The molecule has 0 fully saturated rings. The van der Waals surface area contributed by atoms with Crippen LogP contribution in [-0.2, 0) is 19.5 Å². The van der Waals surface area contributed by atoms with Crippen molar-refractivity contribution < 1.29 is 0 Å². The summed E-state index contributed by atoms with van der Waals surface area (Å²) in [6, 6.07) is 7.94. The second-order valence-corrected chi connectivity index (χ2v) is 5.99. The van der Waals surface area contributed by atoms with E-state index in [1.807, 2.05) is 25.1 Å². The summed E-state index contributed by atoms with van der Waals surface area (Å²) >= 11 is 6.18. The lowest BCUT2D eigenvalue weighted by atomic mass is 10.1. The summed E-state index contributed by atoms with van der Waals surface area (Å²) in [5, 5.41) is 13.6. The van der Waals surface area contributed by atoms with Crippen LogP contribution in [0.1, 0.15) is 23.6 Å². The van der Waals surface area contributed by atoms with E-state index >= 15 is 0 Å². The summed E-state index contributed by atoms with van der Waals surface area (Å²) < 4.78 is 2.19. The molecule has 4 rings (SSSR count). The van der Waals surface area contributed by atoms with Gasteiger partial charge >= 0.3 is 0 Å². The quantitative estimate of drug-likeness (QED) is 0.805. The maximum Gasteiger partial charge on any atom is 0.152 e. The van der Waals surface area contributed by atoms with Crippen LogP contribution in [-0.4, -0.2) is 19.7 Å². The lowest BCUT2D eigenvalue weighted by Crippen LogP contribution is -2.08. The number of pyridine rings is 1. The van der Waals surface area contributed by atoms with Gasteiger partial charge in [0.15, 0.2) is 5.82 Å². The number of nitrogens with zero attached hydrogens (tertiary/aromatic N) is 4. The predicted molar refractivity (Wildman–Crippen MR) is 87.2 cm³/mol. The topological polar surface area (TPSA) is 55.6 Å². The number of rotatable bonds is 3. The van der Waals surface area contributed by atoms with Gasteiger partial charge in [-0.2, -0.15) is 0 Å². The normalized spacial score (nSPS) is 13.5. The third kappa shape index (κ3) is 2.22. The zero-order valence-electron chi connectivity index (χ0n) is 12.3. The molecule has 0 saturated heterocycles. The molecule has 0 amide bonds. The van der Waals surface area contributed by atoms with E-state index < -0.39 is 0 Å². The minimum absolute atomic E-state index is 0.630. The number of hydrogen-bond donors (Lipinski definition) is 1. The largest absolute Gasteiger partial charge is 0.363 e. The molecule has 0 atom stereocenters. The van der Waals surface area contributed by atoms with Crippen molar-refractivity contribution in [1.82, 2.24) is 19.7 Å². The molecule has 5 nitrogen and oxygen atoms in total. The molecule has 0 radical (unpaired) electrons. The average molecular weight is 314 g/mol. The zero-order valence-corrected chi connectivity index (χ0v) is 13.1. The maximum absolute atomic E-state index is 6.18. The van der Waals surface area contributed by atoms with E-state index in [0.29, 0.717) is 6.54 Å². The Labute approximate surface area is 133 Å². The fourth-order valence-corrected chi connectivity index (χ4v) is 3.07. The molecule has 1 aliphatic rings. The Balaban J connectivity index is 1.60. The second kappa shape index (κ2) is 5.25. The molecule has 2 aromatic heterocycles. The van der Waals surface area contributed by atoms with Crippen LogP contribution < -0.4 is 5.32 Å². The summed E-state index contributed by atoms with van der Waals surface area (Å²) in [5.41, 5.74) is 1.94. The molecule has 0 unspecified atom stereocenters. The lowest BCUT2D eigenvalue weighted by molar-refractivity contribution is 0.695. The Bertz CT molecular complexity index is 855. The van der Waals surface area contributed by atoms with Crippen LogP contribution in [0.5, 0.6) is 0 Å². The fraction of sp³-hybridized carbons (Fsp3) is 0.312. The van der Waals surface area contributed by atoms with Gasteiger partial charge in [-0.1, -0.05) is 17.7 Å². The van der Waals surface area contributed by atoms with Crippen molar-refractivity contribution in [2.24, 2.45) is 0 Å². The number of fused-ring (bicyclic) bond motifs is 2. The van der Waals surface area contributed by atoms with E-state index in [9.17, 15) is 0 Å². The Hall–Kier alpha value is -2.14. The first-order chi connectivity index (χ1) is 10.7. The Kier molecular flexibility index (Phi) is 3.22. The lowest BCUT2D eigenvalue weighted by Gasteiger charge is -2.09. The van der Waals surface area contributed by atoms with E-state index in [2.05, 4.69) is 31.1 Å². The number of aryl methyl sites for hydroxylation is 2. The first-order valence-corrected chi connectivity index (χ1v) is 7.81. The van der Waals surface area contributed by atoms with E-state index in [4.69, 9.17) is 11.6 Å². The van der Waals surface area contributed by atoms with Crippen molar-refractivity contribution in [3.8, 4) is 0 Å². The highest BCUT2D eigenvalue weighted by Crippen LogP contribution is 2.25. The number of anilines is 1. The van der Waals surface area contributed by atoms with Gasteiger partial charge in [0.1, 0.15) is 11.6 Å². The Morgan fingerprint density at radius 3 is 3.00 bits per heavy atom. The highest BCUT2D eigenvalue weighted by Gasteiger charge is 2.16. The van der Waals surface area contributed by atoms with Crippen molar-refractivity contribution in [3.05, 3.63) is 46.5 Å². The molecule has 0 saturated carbocycles. The van der Waals surface area contributed by atoms with Crippen LogP contribution >= 0.6 is 11.6 Å². The van der Waals surface area contributed by atoms with Crippen molar-refractivity contribution in [2.45, 2.75) is 32.9 Å². The Morgan fingerprint density at radius 2 is 2.09 bits per heavy atom. The van der Waals surface area contributed by atoms with Crippen LogP contribution in [0.25, 0.3) is 10.9 Å². The standard InChI is InChI=1S/C16H16ClN5/c1-10-12(17)6-4-11-5-7-13(19-16(10)11)18-9-15-21-20-14-3-2-8-22(14)15/h4-7H,2-3,8-9H2,1H3,(H,18,19). The zero-order chi connectivity index (χ0) is 15.1. The van der Waals surface area contributed by atoms with Crippen LogP contribution in [0, 0.1) is 6.92 Å². The monoisotopic (exact) mass is 313 g/mol. The summed E-state index contributed by atoms with van der Waals surface area (Å²) in [5.74, 6) is 2.89. The van der Waals surface area contributed by atoms with Crippen LogP contribution in [0.2, 0.25) is 5.02 Å². The van der Waals surface area contributed by atoms with Crippen molar-refractivity contribution in [1.29, 1.82) is 0 Å². The summed E-state index contributed by atoms with van der Waals surface area (Å²) in [7, 11) is 0. The average Bonchev–Trinajstić information content (AvgIpc) is 3.13. The van der Waals surface area contributed by atoms with E-state index in [0.717, 1.165) is 58.3 Å². The third-order valence-corrected chi connectivity index (χ3v) is 4.57. The molecule has 1 N–H and O–H groups in total. The number of hydrogen-bond acceptors (Lipinski definition) is 4. The molecule has 3 heterocycles. The van der Waals surface area contributed by atoms with Gasteiger partial charge in [-0.15, -0.1) is 10.2 Å². The van der Waals surface area contributed by atoms with E-state index in [1.54, 1.807) is 0 Å². The number of nitrogens with one attached hydrogen (secondary N) is 1. The third-order valence-electron chi connectivity index (χ3n) is 4.16. The van der Waals surface area contributed by atoms with Crippen LogP contribution in [0.4, 0.5) is 5.82 Å². The first kappa shape index (κ1) is 13.5.